The fourth-order valence-electron chi connectivity index (χ4n) is 2.49. The molecule has 0 radical (unpaired) electrons. The molecule has 28 heavy (non-hydrogen) atoms. The Morgan fingerprint density at radius 3 is 0.929 bits per heavy atom. The van der Waals surface area contributed by atoms with Crippen molar-refractivity contribution in [1.29, 1.82) is 0 Å². The van der Waals surface area contributed by atoms with Gasteiger partial charge in [-0.2, -0.15) is 0 Å². The van der Waals surface area contributed by atoms with Crippen molar-refractivity contribution in [3.8, 4) is 0 Å². The van der Waals surface area contributed by atoms with Gasteiger partial charge in [-0.3, -0.25) is 9.13 Å². The first-order chi connectivity index (χ1) is 12.1. The molecule has 6 N–H and O–H groups in total. The van der Waals surface area contributed by atoms with Gasteiger partial charge in [-0.25, -0.2) is 0 Å². The summed E-state index contributed by atoms with van der Waals surface area (Å²) in [5, 5.41) is 22.4. The van der Waals surface area contributed by atoms with E-state index < -0.39 is 26.1 Å². The van der Waals surface area contributed by atoms with Gasteiger partial charge in [-0.05, 0) is 12.8 Å². The van der Waals surface area contributed by atoms with Crippen molar-refractivity contribution in [2.45, 2.75) is 77.0 Å². The Morgan fingerprint density at radius 1 is 0.536 bits per heavy atom. The van der Waals surface area contributed by atoms with Crippen molar-refractivity contribution < 1.29 is 39.1 Å². The quantitative estimate of drug-likeness (QED) is 0.0533. The minimum atomic E-state index is -4.44. The second-order valence-corrected chi connectivity index (χ2v) is 9.36. The molecule has 0 aliphatic rings. The summed E-state index contributed by atoms with van der Waals surface area (Å²) in [5.74, 6) is 0. The Labute approximate surface area is 210 Å². The Balaban J connectivity index is -0.00000312. The van der Waals surface area contributed by atoms with E-state index in [4.69, 9.17) is 30.0 Å². The number of unbranched alkanes of at least 4 members (excludes halogenated alkanes) is 9. The van der Waals surface area contributed by atoms with Gasteiger partial charge in [0, 0.05) is 12.8 Å². The Morgan fingerprint density at radius 2 is 0.750 bits per heavy atom. The first kappa shape index (κ1) is 33.9. The summed E-state index contributed by atoms with van der Waals surface area (Å²) in [6.07, 6.45) is 8.95. The van der Waals surface area contributed by atoms with Gasteiger partial charge in [0.1, 0.15) is 0 Å². The van der Waals surface area contributed by atoms with Crippen LogP contribution < -0.4 is 0 Å². The second kappa shape index (κ2) is 19.0. The summed E-state index contributed by atoms with van der Waals surface area (Å²) in [4.78, 5) is 35.5. The fourth-order valence-corrected chi connectivity index (χ4v) is 3.62. The molecule has 0 aromatic rings. The number of rotatable bonds is 15. The third-order valence-corrected chi connectivity index (χ3v) is 5.93. The van der Waals surface area contributed by atoms with Crippen LogP contribution in [0, 0.1) is 0 Å². The number of hydrogen-bond donors (Lipinski definition) is 6. The van der Waals surface area contributed by atoms with Crippen LogP contribution in [0.2, 0.25) is 0 Å². The van der Waals surface area contributed by atoms with Crippen LogP contribution in [0.3, 0.4) is 0 Å². The predicted octanol–water partition coefficient (Wildman–Crippen LogP) is 2.30. The molecule has 0 atom stereocenters. The maximum absolute atomic E-state index is 10.9. The van der Waals surface area contributed by atoms with Crippen molar-refractivity contribution in [3.05, 3.63) is 0 Å². The third-order valence-electron chi connectivity index (χ3n) is 3.95. The van der Waals surface area contributed by atoms with Crippen LogP contribution >= 0.6 is 15.2 Å². The summed E-state index contributed by atoms with van der Waals surface area (Å²) in [5.41, 5.74) is -0.934. The van der Waals surface area contributed by atoms with Gasteiger partial charge < -0.3 is 30.0 Å². The summed E-state index contributed by atoms with van der Waals surface area (Å²) in [6.45, 7) is 0. The minimum absolute atomic E-state index is 0. The van der Waals surface area contributed by atoms with Crippen LogP contribution in [0.25, 0.3) is 0 Å². The Kier molecular flexibility index (Phi) is 22.9. The first-order valence-corrected chi connectivity index (χ1v) is 11.9. The molecule has 0 aliphatic heterocycles. The maximum atomic E-state index is 10.9. The standard InChI is InChI=1S/C14H30N2O8P2.2Na.2H/c17-15-13(25(19,20)21)11-9-7-5-3-1-2-4-6-8-10-12-14(16-18)26(22,23)24;;;;/h17-18H,1-12H2,(H2,19,20,21)(H2,22,23,24);;;;/b15-13-,16-14-;;;;. The third kappa shape index (κ3) is 18.0. The normalized spacial score (nSPS) is 13.0. The van der Waals surface area contributed by atoms with Crippen LogP contribution in [-0.4, -0.2) is 100 Å². The molecule has 0 amide bonds. The molecule has 0 saturated carbocycles. The molecular formula is C14H32N2Na2O8P2. The van der Waals surface area contributed by atoms with E-state index in [2.05, 4.69) is 10.3 Å². The van der Waals surface area contributed by atoms with E-state index in [-0.39, 0.29) is 72.0 Å². The molecular weight excluding hydrogens is 432 g/mol. The van der Waals surface area contributed by atoms with Gasteiger partial charge in [0.25, 0.3) is 0 Å². The van der Waals surface area contributed by atoms with Crippen molar-refractivity contribution in [1.82, 2.24) is 0 Å². The second-order valence-electron chi connectivity index (χ2n) is 6.16. The van der Waals surface area contributed by atoms with Gasteiger partial charge in [-0.1, -0.05) is 61.7 Å². The van der Waals surface area contributed by atoms with E-state index in [1.54, 1.807) is 0 Å². The van der Waals surface area contributed by atoms with Crippen LogP contribution in [0.5, 0.6) is 0 Å². The molecule has 0 bridgehead atoms. The zero-order chi connectivity index (χ0) is 20.1. The van der Waals surface area contributed by atoms with E-state index in [0.717, 1.165) is 51.4 Å². The number of oxime groups is 2. The molecule has 0 rings (SSSR count). The van der Waals surface area contributed by atoms with Crippen molar-refractivity contribution in [2.24, 2.45) is 10.3 Å². The summed E-state index contributed by atoms with van der Waals surface area (Å²) >= 11 is 0. The van der Waals surface area contributed by atoms with E-state index >= 15 is 0 Å². The molecule has 0 aliphatic carbocycles. The predicted molar refractivity (Wildman–Crippen MR) is 112 cm³/mol. The van der Waals surface area contributed by atoms with E-state index in [1.807, 2.05) is 0 Å². The van der Waals surface area contributed by atoms with Gasteiger partial charge in [0.2, 0.25) is 0 Å². The van der Waals surface area contributed by atoms with E-state index in [1.165, 1.54) is 0 Å². The van der Waals surface area contributed by atoms with Gasteiger partial charge >= 0.3 is 74.3 Å². The zero-order valence-electron chi connectivity index (χ0n) is 14.8. The van der Waals surface area contributed by atoms with Crippen LogP contribution in [0.4, 0.5) is 0 Å². The monoisotopic (exact) mass is 464 g/mol. The van der Waals surface area contributed by atoms with E-state index in [0.29, 0.717) is 12.8 Å². The first-order valence-electron chi connectivity index (χ1n) is 8.67. The van der Waals surface area contributed by atoms with Crippen molar-refractivity contribution >= 4 is 85.2 Å². The molecule has 158 valence electrons. The SMILES string of the molecule is O=P(O)(O)/C(CCCCCCCCCCCC/C(=N/O)P(=O)(O)O)=N\O.[NaH].[NaH]. The molecule has 0 fully saturated rings. The van der Waals surface area contributed by atoms with Crippen LogP contribution in [-0.2, 0) is 9.13 Å². The van der Waals surface area contributed by atoms with Gasteiger partial charge in [-0.15, -0.1) is 0 Å². The molecule has 0 aromatic carbocycles. The average molecular weight is 464 g/mol. The van der Waals surface area contributed by atoms with Crippen molar-refractivity contribution in [2.75, 3.05) is 0 Å². The Bertz CT molecular complexity index is 503. The molecule has 0 unspecified atom stereocenters. The van der Waals surface area contributed by atoms with Crippen LogP contribution in [0.15, 0.2) is 10.3 Å². The number of nitrogens with zero attached hydrogens (tertiary/aromatic N) is 2. The molecule has 14 heteroatoms. The zero-order valence-corrected chi connectivity index (χ0v) is 16.6. The summed E-state index contributed by atoms with van der Waals surface area (Å²) in [7, 11) is -8.88. The van der Waals surface area contributed by atoms with Gasteiger partial charge in [0.15, 0.2) is 10.9 Å². The topological polar surface area (TPSA) is 180 Å². The molecule has 0 spiro atoms. The number of hydrogen-bond acceptors (Lipinski definition) is 6. The fraction of sp³-hybridized carbons (Fsp3) is 0.857. The van der Waals surface area contributed by atoms with Crippen LogP contribution in [0.1, 0.15) is 77.0 Å². The molecule has 0 heterocycles. The van der Waals surface area contributed by atoms with E-state index in [9.17, 15) is 9.13 Å². The molecule has 0 aromatic heterocycles. The summed E-state index contributed by atoms with van der Waals surface area (Å²) in [6, 6.07) is 0. The van der Waals surface area contributed by atoms with Crippen molar-refractivity contribution in [3.63, 3.8) is 0 Å². The molecule has 10 nitrogen and oxygen atoms in total. The summed E-state index contributed by atoms with van der Waals surface area (Å²) < 4.78 is 21.9. The average Bonchev–Trinajstić information content (AvgIpc) is 2.53. The Hall–Kier alpha value is 1.24. The van der Waals surface area contributed by atoms with Gasteiger partial charge in [0.05, 0.1) is 0 Å². The molecule has 0 saturated heterocycles.